The number of nitrogens with zero attached hydrogens (tertiary/aromatic N) is 2. The highest BCUT2D eigenvalue weighted by molar-refractivity contribution is 6.34. The maximum absolute atomic E-state index is 12.2. The zero-order chi connectivity index (χ0) is 13.4. The maximum atomic E-state index is 12.2. The van der Waals surface area contributed by atoms with E-state index < -0.39 is 0 Å². The minimum absolute atomic E-state index is 0.159. The molecule has 4 heterocycles. The minimum atomic E-state index is -0.159. The molecule has 0 radical (unpaired) electrons. The molecule has 0 spiro atoms. The zero-order valence-corrected chi connectivity index (χ0v) is 11.9. The van der Waals surface area contributed by atoms with Gasteiger partial charge in [-0.1, -0.05) is 23.2 Å². The number of piperidine rings is 3. The Kier molecular flexibility index (Phi) is 3.65. The first-order valence-corrected chi connectivity index (χ1v) is 7.24. The predicted octanol–water partition coefficient (Wildman–Crippen LogP) is 2.21. The summed E-state index contributed by atoms with van der Waals surface area (Å²) in [6.07, 6.45) is 2.33. The van der Waals surface area contributed by atoms with Gasteiger partial charge in [-0.3, -0.25) is 4.79 Å². The number of carbonyl (C=O) groups excluding carboxylic acids is 1. The van der Waals surface area contributed by atoms with Crippen molar-refractivity contribution in [2.24, 2.45) is 5.92 Å². The first-order valence-electron chi connectivity index (χ1n) is 6.49. The van der Waals surface area contributed by atoms with Gasteiger partial charge in [0.25, 0.3) is 5.91 Å². The molecular formula is C13H15Cl2N3O. The normalized spacial score (nSPS) is 29.3. The topological polar surface area (TPSA) is 45.2 Å². The van der Waals surface area contributed by atoms with E-state index in [0.29, 0.717) is 16.6 Å². The Bertz CT molecular complexity index is 501. The van der Waals surface area contributed by atoms with Gasteiger partial charge in [-0.25, -0.2) is 4.98 Å². The SMILES string of the molecule is O=C(NC1CN2CCC1CC2)c1ccc(Cl)nc1Cl. The fourth-order valence-electron chi connectivity index (χ4n) is 2.96. The average molecular weight is 300 g/mol. The summed E-state index contributed by atoms with van der Waals surface area (Å²) in [5.41, 5.74) is 0.391. The van der Waals surface area contributed by atoms with E-state index in [9.17, 15) is 4.79 Å². The number of amides is 1. The Balaban J connectivity index is 1.71. The van der Waals surface area contributed by atoms with Crippen molar-refractivity contribution in [2.75, 3.05) is 19.6 Å². The minimum Gasteiger partial charge on any atom is -0.348 e. The van der Waals surface area contributed by atoms with Crippen LogP contribution in [0.25, 0.3) is 0 Å². The van der Waals surface area contributed by atoms with Crippen LogP contribution >= 0.6 is 23.2 Å². The monoisotopic (exact) mass is 299 g/mol. The predicted molar refractivity (Wildman–Crippen MR) is 74.7 cm³/mol. The molecule has 1 aromatic rings. The van der Waals surface area contributed by atoms with Gasteiger partial charge in [-0.05, 0) is 44.0 Å². The van der Waals surface area contributed by atoms with Crippen molar-refractivity contribution in [1.82, 2.24) is 15.2 Å². The van der Waals surface area contributed by atoms with Gasteiger partial charge in [0, 0.05) is 12.6 Å². The molecule has 1 unspecified atom stereocenters. The first kappa shape index (κ1) is 13.2. The Morgan fingerprint density at radius 3 is 2.63 bits per heavy atom. The van der Waals surface area contributed by atoms with Gasteiger partial charge in [0.1, 0.15) is 10.3 Å². The van der Waals surface area contributed by atoms with E-state index in [1.165, 1.54) is 0 Å². The molecule has 4 nitrogen and oxygen atoms in total. The molecule has 2 bridgehead atoms. The summed E-state index contributed by atoms with van der Waals surface area (Å²) >= 11 is 11.7. The lowest BCUT2D eigenvalue weighted by molar-refractivity contribution is 0.0620. The highest BCUT2D eigenvalue weighted by atomic mass is 35.5. The van der Waals surface area contributed by atoms with Gasteiger partial charge in [0.2, 0.25) is 0 Å². The Morgan fingerprint density at radius 2 is 2.05 bits per heavy atom. The van der Waals surface area contributed by atoms with Crippen LogP contribution in [-0.4, -0.2) is 41.5 Å². The van der Waals surface area contributed by atoms with E-state index in [0.717, 1.165) is 32.5 Å². The molecule has 102 valence electrons. The second-order valence-electron chi connectivity index (χ2n) is 5.19. The summed E-state index contributed by atoms with van der Waals surface area (Å²) in [5, 5.41) is 3.53. The molecule has 1 aromatic heterocycles. The van der Waals surface area contributed by atoms with Crippen LogP contribution < -0.4 is 5.32 Å². The molecule has 3 aliphatic rings. The quantitative estimate of drug-likeness (QED) is 0.852. The molecule has 0 saturated carbocycles. The Hall–Kier alpha value is -0.840. The van der Waals surface area contributed by atoms with Gasteiger partial charge in [-0.15, -0.1) is 0 Å². The van der Waals surface area contributed by atoms with E-state index in [-0.39, 0.29) is 17.1 Å². The van der Waals surface area contributed by atoms with Crippen molar-refractivity contribution in [1.29, 1.82) is 0 Å². The van der Waals surface area contributed by atoms with E-state index in [1.54, 1.807) is 12.1 Å². The number of pyridine rings is 1. The third-order valence-corrected chi connectivity index (χ3v) is 4.53. The number of hydrogen-bond acceptors (Lipinski definition) is 3. The van der Waals surface area contributed by atoms with Gasteiger partial charge >= 0.3 is 0 Å². The maximum Gasteiger partial charge on any atom is 0.254 e. The Morgan fingerprint density at radius 1 is 1.32 bits per heavy atom. The lowest BCUT2D eigenvalue weighted by Gasteiger charge is -2.44. The van der Waals surface area contributed by atoms with Crippen LogP contribution in [0, 0.1) is 5.92 Å². The molecule has 6 heteroatoms. The standard InChI is InChI=1S/C13H15Cl2N3O/c14-11-2-1-9(12(15)17-11)13(19)16-10-7-18-5-3-8(10)4-6-18/h1-2,8,10H,3-7H2,(H,16,19). The number of carbonyl (C=O) groups is 1. The van der Waals surface area contributed by atoms with Crippen LogP contribution in [0.15, 0.2) is 12.1 Å². The van der Waals surface area contributed by atoms with Crippen molar-refractivity contribution >= 4 is 29.1 Å². The molecule has 0 aromatic carbocycles. The van der Waals surface area contributed by atoms with Crippen molar-refractivity contribution < 1.29 is 4.79 Å². The number of hydrogen-bond donors (Lipinski definition) is 1. The van der Waals surface area contributed by atoms with Crippen LogP contribution in [0.4, 0.5) is 0 Å². The van der Waals surface area contributed by atoms with E-state index in [2.05, 4.69) is 15.2 Å². The van der Waals surface area contributed by atoms with Gasteiger partial charge in [0.05, 0.1) is 5.56 Å². The number of nitrogens with one attached hydrogen (secondary N) is 1. The van der Waals surface area contributed by atoms with Crippen molar-refractivity contribution in [3.63, 3.8) is 0 Å². The molecule has 3 aliphatic heterocycles. The molecule has 3 fully saturated rings. The highest BCUT2D eigenvalue weighted by Gasteiger charge is 2.35. The summed E-state index contributed by atoms with van der Waals surface area (Å²) in [6, 6.07) is 3.43. The molecule has 1 atom stereocenters. The molecule has 1 amide bonds. The molecule has 4 rings (SSSR count). The summed E-state index contributed by atoms with van der Waals surface area (Å²) in [6.45, 7) is 3.25. The van der Waals surface area contributed by atoms with Crippen LogP contribution in [0.5, 0.6) is 0 Å². The van der Waals surface area contributed by atoms with Crippen molar-refractivity contribution in [3.8, 4) is 0 Å². The summed E-state index contributed by atoms with van der Waals surface area (Å²) < 4.78 is 0. The summed E-state index contributed by atoms with van der Waals surface area (Å²) in [7, 11) is 0. The van der Waals surface area contributed by atoms with Crippen LogP contribution in [0.1, 0.15) is 23.2 Å². The van der Waals surface area contributed by atoms with Crippen LogP contribution in [0.2, 0.25) is 10.3 Å². The summed E-state index contributed by atoms with van der Waals surface area (Å²) in [5.74, 6) is 0.431. The van der Waals surface area contributed by atoms with Gasteiger partial charge < -0.3 is 10.2 Å². The lowest BCUT2D eigenvalue weighted by Crippen LogP contribution is -2.57. The Labute approximate surface area is 122 Å². The zero-order valence-electron chi connectivity index (χ0n) is 10.4. The van der Waals surface area contributed by atoms with E-state index in [4.69, 9.17) is 23.2 Å². The van der Waals surface area contributed by atoms with Crippen molar-refractivity contribution in [2.45, 2.75) is 18.9 Å². The molecular weight excluding hydrogens is 285 g/mol. The summed E-state index contributed by atoms with van der Waals surface area (Å²) in [4.78, 5) is 18.5. The second-order valence-corrected chi connectivity index (χ2v) is 5.94. The van der Waals surface area contributed by atoms with Crippen LogP contribution in [-0.2, 0) is 0 Å². The van der Waals surface area contributed by atoms with Crippen LogP contribution in [0.3, 0.4) is 0 Å². The van der Waals surface area contributed by atoms with E-state index in [1.807, 2.05) is 0 Å². The lowest BCUT2D eigenvalue weighted by atomic mass is 9.84. The fraction of sp³-hybridized carbons (Fsp3) is 0.538. The van der Waals surface area contributed by atoms with Gasteiger partial charge in [-0.2, -0.15) is 0 Å². The third-order valence-electron chi connectivity index (χ3n) is 4.03. The number of rotatable bonds is 2. The second kappa shape index (κ2) is 5.27. The number of halogens is 2. The van der Waals surface area contributed by atoms with Gasteiger partial charge in [0.15, 0.2) is 0 Å². The highest BCUT2D eigenvalue weighted by Crippen LogP contribution is 2.28. The third kappa shape index (κ3) is 2.71. The van der Waals surface area contributed by atoms with Crippen molar-refractivity contribution in [3.05, 3.63) is 28.0 Å². The molecule has 19 heavy (non-hydrogen) atoms. The molecule has 3 saturated heterocycles. The molecule has 1 N–H and O–H groups in total. The average Bonchev–Trinajstić information content (AvgIpc) is 2.39. The number of aromatic nitrogens is 1. The first-order chi connectivity index (χ1) is 9.13. The van der Waals surface area contributed by atoms with E-state index >= 15 is 0 Å². The molecule has 0 aliphatic carbocycles. The number of fused-ring (bicyclic) bond motifs is 3. The largest absolute Gasteiger partial charge is 0.348 e. The fourth-order valence-corrected chi connectivity index (χ4v) is 3.39. The smallest absolute Gasteiger partial charge is 0.254 e.